The molecular formula is C23H24N6O3. The van der Waals surface area contributed by atoms with Crippen LogP contribution in [-0.4, -0.2) is 35.0 Å². The third-order valence-corrected chi connectivity index (χ3v) is 4.29. The van der Waals surface area contributed by atoms with Crippen molar-refractivity contribution in [3.63, 3.8) is 0 Å². The quantitative estimate of drug-likeness (QED) is 0.242. The van der Waals surface area contributed by atoms with Crippen LogP contribution in [0.15, 0.2) is 67.5 Å². The smallest absolute Gasteiger partial charge is 0.204 e. The summed E-state index contributed by atoms with van der Waals surface area (Å²) in [6, 6.07) is 15.6. The lowest BCUT2D eigenvalue weighted by Gasteiger charge is -2.16. The molecule has 164 valence electrons. The molecule has 0 saturated heterocycles. The van der Waals surface area contributed by atoms with Crippen molar-refractivity contribution in [2.75, 3.05) is 18.2 Å². The molecule has 3 aromatic rings. The van der Waals surface area contributed by atoms with E-state index in [-0.39, 0.29) is 35.7 Å². The number of primary amides is 1. The number of aromatic nitrogens is 2. The zero-order valence-electron chi connectivity index (χ0n) is 17.5. The summed E-state index contributed by atoms with van der Waals surface area (Å²) in [6.07, 6.45) is 3.00. The number of methoxy groups -OCH3 is 1. The average molecular weight is 432 g/mol. The molecule has 0 spiro atoms. The molecule has 9 heteroatoms. The van der Waals surface area contributed by atoms with E-state index in [4.69, 9.17) is 20.7 Å². The molecule has 0 aliphatic rings. The number of rotatable bonds is 8. The molecule has 6 N–H and O–H groups in total. The van der Waals surface area contributed by atoms with E-state index in [1.165, 1.54) is 12.4 Å². The molecule has 32 heavy (non-hydrogen) atoms. The number of ketones is 1. The summed E-state index contributed by atoms with van der Waals surface area (Å²) in [6.45, 7) is 3.54. The highest BCUT2D eigenvalue weighted by atomic mass is 16.5. The molecular weight excluding hydrogens is 408 g/mol. The summed E-state index contributed by atoms with van der Waals surface area (Å²) in [4.78, 5) is 28.9. The van der Waals surface area contributed by atoms with Crippen molar-refractivity contribution in [3.05, 3.63) is 73.1 Å². The summed E-state index contributed by atoms with van der Waals surface area (Å²) < 4.78 is 5.45. The van der Waals surface area contributed by atoms with Crippen LogP contribution in [0.5, 0.6) is 5.75 Å². The third-order valence-electron chi connectivity index (χ3n) is 4.29. The van der Waals surface area contributed by atoms with Crippen LogP contribution in [0.1, 0.15) is 12.0 Å². The lowest BCUT2D eigenvalue weighted by Crippen LogP contribution is -2.18. The first-order valence-corrected chi connectivity index (χ1v) is 9.46. The van der Waals surface area contributed by atoms with Crippen molar-refractivity contribution < 1.29 is 14.3 Å². The number of hydrogen-bond donors (Lipinski definition) is 4. The van der Waals surface area contributed by atoms with Crippen molar-refractivity contribution in [2.24, 2.45) is 5.73 Å². The number of amides is 1. The lowest BCUT2D eigenvalue weighted by molar-refractivity contribution is -0.112. The Bertz CT molecular complexity index is 1120. The van der Waals surface area contributed by atoms with Crippen LogP contribution in [0.3, 0.4) is 0 Å². The number of hydrogen-bond acceptors (Lipinski definition) is 8. The molecule has 0 unspecified atom stereocenters. The van der Waals surface area contributed by atoms with E-state index < -0.39 is 5.78 Å². The summed E-state index contributed by atoms with van der Waals surface area (Å²) in [5.41, 5.74) is 12.6. The van der Waals surface area contributed by atoms with Crippen molar-refractivity contribution in [3.8, 4) is 16.9 Å². The predicted octanol–water partition coefficient (Wildman–Crippen LogP) is 3.09. The molecule has 1 amide bonds. The number of nitrogens with one attached hydrogen (secondary N) is 2. The highest BCUT2D eigenvalue weighted by Crippen LogP contribution is 2.33. The van der Waals surface area contributed by atoms with Gasteiger partial charge in [0, 0.05) is 6.42 Å². The Morgan fingerprint density at radius 3 is 2.50 bits per heavy atom. The van der Waals surface area contributed by atoms with Gasteiger partial charge in [-0.25, -0.2) is 9.97 Å². The molecule has 3 rings (SSSR count). The second-order valence-electron chi connectivity index (χ2n) is 6.32. The van der Waals surface area contributed by atoms with Crippen LogP contribution in [0.4, 0.5) is 17.3 Å². The van der Waals surface area contributed by atoms with E-state index in [2.05, 4.69) is 27.6 Å². The molecule has 9 nitrogen and oxygen atoms in total. The SMILES string of the molecule is C=CCC(=O)C(=N)c1c(N)ncnc1Nc1cc(-c2ccccc2)ccc1OC.NC=O. The maximum absolute atomic E-state index is 12.2. The Morgan fingerprint density at radius 2 is 1.88 bits per heavy atom. The fraction of sp³-hybridized carbons (Fsp3) is 0.0870. The lowest BCUT2D eigenvalue weighted by atomic mass is 10.0. The number of allylic oxidation sites excluding steroid dienone is 1. The monoisotopic (exact) mass is 432 g/mol. The minimum atomic E-state index is -0.422. The van der Waals surface area contributed by atoms with Gasteiger partial charge in [0.1, 0.15) is 29.4 Å². The minimum absolute atomic E-state index is 0.0272. The third kappa shape index (κ3) is 5.76. The Kier molecular flexibility index (Phi) is 8.61. The van der Waals surface area contributed by atoms with Gasteiger partial charge in [0.2, 0.25) is 6.41 Å². The number of Topliss-reactive ketones (excluding diaryl/α,β-unsaturated/α-hetero) is 1. The number of anilines is 3. The van der Waals surface area contributed by atoms with Crippen LogP contribution in [-0.2, 0) is 9.59 Å². The highest BCUT2D eigenvalue weighted by molar-refractivity contribution is 6.47. The van der Waals surface area contributed by atoms with Gasteiger partial charge in [-0.05, 0) is 23.3 Å². The number of carbonyl (C=O) groups excluding carboxylic acids is 2. The largest absolute Gasteiger partial charge is 0.495 e. The second-order valence-corrected chi connectivity index (χ2v) is 6.32. The molecule has 0 saturated carbocycles. The molecule has 0 aliphatic heterocycles. The van der Waals surface area contributed by atoms with Crippen LogP contribution >= 0.6 is 0 Å². The fourth-order valence-electron chi connectivity index (χ4n) is 2.86. The topological polar surface area (TPSA) is 157 Å². The number of ether oxygens (including phenoxy) is 1. The van der Waals surface area contributed by atoms with Gasteiger partial charge < -0.3 is 21.5 Å². The van der Waals surface area contributed by atoms with Crippen molar-refractivity contribution >= 4 is 35.2 Å². The Labute approximate surface area is 185 Å². The van der Waals surface area contributed by atoms with Crippen LogP contribution in [0.2, 0.25) is 0 Å². The fourth-order valence-corrected chi connectivity index (χ4v) is 2.86. The number of nitrogen functional groups attached to an aromatic ring is 1. The van der Waals surface area contributed by atoms with Gasteiger partial charge in [-0.1, -0.05) is 42.5 Å². The van der Waals surface area contributed by atoms with Gasteiger partial charge in [-0.3, -0.25) is 15.0 Å². The van der Waals surface area contributed by atoms with Gasteiger partial charge >= 0.3 is 0 Å². The standard InChI is InChI=1S/C22H21N5O2.CH3NO/c1-3-7-17(28)20(23)19-21(24)25-13-26-22(19)27-16-12-15(10-11-18(16)29-2)14-8-5-4-6-9-14;2-1-3/h3-6,8-13,23H,1,7H2,2H3,(H3,24,25,26,27);1H,(H2,2,3). The minimum Gasteiger partial charge on any atom is -0.495 e. The number of carbonyl (C=O) groups is 2. The molecule has 1 heterocycles. The molecule has 2 aromatic carbocycles. The van der Waals surface area contributed by atoms with Gasteiger partial charge in [-0.15, -0.1) is 6.58 Å². The van der Waals surface area contributed by atoms with Crippen LogP contribution < -0.4 is 21.5 Å². The molecule has 1 aromatic heterocycles. The van der Waals surface area contributed by atoms with Gasteiger partial charge in [0.05, 0.1) is 18.4 Å². The van der Waals surface area contributed by atoms with E-state index in [0.29, 0.717) is 11.4 Å². The van der Waals surface area contributed by atoms with E-state index in [1.54, 1.807) is 7.11 Å². The van der Waals surface area contributed by atoms with Crippen molar-refractivity contribution in [1.29, 1.82) is 5.41 Å². The van der Waals surface area contributed by atoms with Crippen molar-refractivity contribution in [2.45, 2.75) is 6.42 Å². The Hall–Kier alpha value is -4.53. The van der Waals surface area contributed by atoms with Crippen molar-refractivity contribution in [1.82, 2.24) is 9.97 Å². The van der Waals surface area contributed by atoms with Gasteiger partial charge in [0.15, 0.2) is 5.78 Å². The summed E-state index contributed by atoms with van der Waals surface area (Å²) >= 11 is 0. The highest BCUT2D eigenvalue weighted by Gasteiger charge is 2.20. The molecule has 0 bridgehead atoms. The maximum atomic E-state index is 12.2. The number of nitrogens with zero attached hydrogens (tertiary/aromatic N) is 2. The van der Waals surface area contributed by atoms with E-state index in [9.17, 15) is 4.79 Å². The van der Waals surface area contributed by atoms with E-state index in [1.807, 2.05) is 48.5 Å². The van der Waals surface area contributed by atoms with E-state index >= 15 is 0 Å². The van der Waals surface area contributed by atoms with Crippen LogP contribution in [0.25, 0.3) is 11.1 Å². The first-order chi connectivity index (χ1) is 15.5. The molecule has 0 atom stereocenters. The average Bonchev–Trinajstić information content (AvgIpc) is 2.80. The Balaban J connectivity index is 0.00000114. The molecule has 0 radical (unpaired) electrons. The first-order valence-electron chi connectivity index (χ1n) is 9.46. The molecule has 0 fully saturated rings. The zero-order chi connectivity index (χ0) is 23.5. The maximum Gasteiger partial charge on any atom is 0.204 e. The summed E-state index contributed by atoms with van der Waals surface area (Å²) in [7, 11) is 1.56. The first kappa shape index (κ1) is 23.7. The second kappa shape index (κ2) is 11.6. The van der Waals surface area contributed by atoms with E-state index in [0.717, 1.165) is 11.1 Å². The van der Waals surface area contributed by atoms with Gasteiger partial charge in [0.25, 0.3) is 0 Å². The molecule has 0 aliphatic carbocycles. The van der Waals surface area contributed by atoms with Gasteiger partial charge in [-0.2, -0.15) is 0 Å². The predicted molar refractivity (Wildman–Crippen MR) is 125 cm³/mol. The normalized spacial score (nSPS) is 9.66. The number of benzene rings is 2. The zero-order valence-corrected chi connectivity index (χ0v) is 17.5. The number of nitrogens with two attached hydrogens (primary N) is 2. The summed E-state index contributed by atoms with van der Waals surface area (Å²) in [5, 5.41) is 11.4. The van der Waals surface area contributed by atoms with Crippen LogP contribution in [0, 0.1) is 5.41 Å². The Morgan fingerprint density at radius 1 is 1.19 bits per heavy atom. The summed E-state index contributed by atoms with van der Waals surface area (Å²) in [5.74, 6) is 0.456.